The summed E-state index contributed by atoms with van der Waals surface area (Å²) in [5, 5.41) is 3.74. The molecule has 1 aromatic heterocycles. The summed E-state index contributed by atoms with van der Waals surface area (Å²) in [7, 11) is 2.12. The van der Waals surface area contributed by atoms with Gasteiger partial charge in [0.25, 0.3) is 0 Å². The van der Waals surface area contributed by atoms with Crippen LogP contribution < -0.4 is 5.32 Å². The summed E-state index contributed by atoms with van der Waals surface area (Å²) in [5.41, 5.74) is 3.65. The number of aliphatic imine (C=N–C) groups is 2. The maximum Gasteiger partial charge on any atom is 0.234 e. The third-order valence-corrected chi connectivity index (χ3v) is 7.22. The molecule has 1 saturated heterocycles. The minimum absolute atomic E-state index is 0.120. The molecule has 4 rings (SSSR count). The normalized spacial score (nSPS) is 17.4. The van der Waals surface area contributed by atoms with Crippen molar-refractivity contribution in [1.82, 2.24) is 9.88 Å². The van der Waals surface area contributed by atoms with Gasteiger partial charge in [0.2, 0.25) is 5.91 Å². The molecular weight excluding hydrogens is 498 g/mol. The van der Waals surface area contributed by atoms with E-state index in [0.717, 1.165) is 58.0 Å². The standard InChI is InChI=1S/C25H26BrN5OS/c1-4-17-14-20(15-27-21(17)5-2)28-22(32)16-33-24-23(18-6-8-19(26)9-7-18)29-25(30-24)10-12-31(3)13-11-25/h4-9,14-15H,1-2,10-13,16H2,3H3,(H,28,32). The number of amides is 1. The van der Waals surface area contributed by atoms with Crippen LogP contribution in [0.1, 0.15) is 29.7 Å². The summed E-state index contributed by atoms with van der Waals surface area (Å²) in [4.78, 5) is 29.5. The van der Waals surface area contributed by atoms with Crippen LogP contribution in [-0.4, -0.2) is 58.1 Å². The van der Waals surface area contributed by atoms with Crippen LogP contribution in [0.15, 0.2) is 64.1 Å². The van der Waals surface area contributed by atoms with E-state index < -0.39 is 5.66 Å². The molecule has 0 unspecified atom stereocenters. The summed E-state index contributed by atoms with van der Waals surface area (Å²) in [6, 6.07) is 9.93. The van der Waals surface area contributed by atoms with Crippen LogP contribution in [0, 0.1) is 0 Å². The van der Waals surface area contributed by atoms with Crippen LogP contribution in [-0.2, 0) is 4.79 Å². The molecule has 1 spiro atoms. The Hall–Kier alpha value is -2.55. The molecule has 0 aliphatic carbocycles. The molecule has 0 radical (unpaired) electrons. The minimum atomic E-state index is -0.420. The van der Waals surface area contributed by atoms with Crippen molar-refractivity contribution < 1.29 is 4.79 Å². The molecule has 3 heterocycles. The van der Waals surface area contributed by atoms with E-state index in [1.54, 1.807) is 18.3 Å². The number of thioether (sulfide) groups is 1. The molecule has 170 valence electrons. The molecule has 0 bridgehead atoms. The number of carbonyl (C=O) groups excluding carboxylic acids is 1. The van der Waals surface area contributed by atoms with Gasteiger partial charge in [-0.1, -0.05) is 59.1 Å². The molecule has 2 aromatic rings. The van der Waals surface area contributed by atoms with E-state index in [1.165, 1.54) is 11.8 Å². The van der Waals surface area contributed by atoms with Crippen LogP contribution in [0.2, 0.25) is 0 Å². The van der Waals surface area contributed by atoms with E-state index in [9.17, 15) is 4.79 Å². The number of aromatic nitrogens is 1. The SMILES string of the molecule is C=Cc1cc(NC(=O)CSC2=NC3(CCN(C)CC3)N=C2c2ccc(Br)cc2)cnc1C=C. The molecule has 0 atom stereocenters. The minimum Gasteiger partial charge on any atom is -0.324 e. The monoisotopic (exact) mass is 523 g/mol. The Balaban J connectivity index is 1.49. The zero-order valence-corrected chi connectivity index (χ0v) is 21.0. The maximum atomic E-state index is 12.7. The first-order chi connectivity index (χ1) is 15.9. The van der Waals surface area contributed by atoms with Crippen molar-refractivity contribution in [1.29, 1.82) is 0 Å². The third kappa shape index (κ3) is 5.51. The molecule has 1 amide bonds. The Kier molecular flexibility index (Phi) is 7.26. The van der Waals surface area contributed by atoms with E-state index in [2.05, 4.69) is 51.3 Å². The Labute approximate surface area is 207 Å². The van der Waals surface area contributed by atoms with Crippen molar-refractivity contribution in [2.24, 2.45) is 9.98 Å². The first kappa shape index (κ1) is 23.6. The molecule has 33 heavy (non-hydrogen) atoms. The first-order valence-electron chi connectivity index (χ1n) is 10.7. The molecule has 2 aliphatic heterocycles. The van der Waals surface area contributed by atoms with Gasteiger partial charge in [0.1, 0.15) is 5.04 Å². The fourth-order valence-electron chi connectivity index (χ4n) is 3.85. The van der Waals surface area contributed by atoms with E-state index in [1.807, 2.05) is 30.3 Å². The fourth-order valence-corrected chi connectivity index (χ4v) is 4.98. The van der Waals surface area contributed by atoms with Gasteiger partial charge in [-0.3, -0.25) is 14.8 Å². The summed E-state index contributed by atoms with van der Waals surface area (Å²) >= 11 is 4.93. The molecule has 1 aromatic carbocycles. The number of hydrogen-bond acceptors (Lipinski definition) is 6. The number of hydrogen-bond donors (Lipinski definition) is 1. The van der Waals surface area contributed by atoms with E-state index in [0.29, 0.717) is 5.69 Å². The number of benzene rings is 1. The molecule has 6 nitrogen and oxygen atoms in total. The van der Waals surface area contributed by atoms with Gasteiger partial charge in [0.05, 0.1) is 29.0 Å². The number of likely N-dealkylation sites (tertiary alicyclic amines) is 1. The van der Waals surface area contributed by atoms with E-state index in [4.69, 9.17) is 9.98 Å². The van der Waals surface area contributed by atoms with Crippen molar-refractivity contribution in [2.45, 2.75) is 18.5 Å². The zero-order chi connectivity index (χ0) is 23.4. The summed E-state index contributed by atoms with van der Waals surface area (Å²) in [5.74, 6) is 0.113. The van der Waals surface area contributed by atoms with Crippen molar-refractivity contribution in [3.05, 3.63) is 71.0 Å². The summed E-state index contributed by atoms with van der Waals surface area (Å²) < 4.78 is 1.01. The second-order valence-corrected chi connectivity index (χ2v) is 9.99. The van der Waals surface area contributed by atoms with E-state index in [-0.39, 0.29) is 11.7 Å². The van der Waals surface area contributed by atoms with E-state index >= 15 is 0 Å². The average Bonchev–Trinajstić information content (AvgIpc) is 3.18. The lowest BCUT2D eigenvalue weighted by Crippen LogP contribution is -2.39. The second kappa shape index (κ2) is 10.2. The summed E-state index contributed by atoms with van der Waals surface area (Å²) in [6.07, 6.45) is 6.75. The number of halogens is 1. The largest absolute Gasteiger partial charge is 0.324 e. The predicted octanol–water partition coefficient (Wildman–Crippen LogP) is 5.13. The summed E-state index contributed by atoms with van der Waals surface area (Å²) in [6.45, 7) is 9.46. The van der Waals surface area contributed by atoms with Gasteiger partial charge in [-0.2, -0.15) is 0 Å². The van der Waals surface area contributed by atoms with Gasteiger partial charge in [-0.25, -0.2) is 4.99 Å². The molecule has 0 saturated carbocycles. The lowest BCUT2D eigenvalue weighted by atomic mass is 9.99. The van der Waals surface area contributed by atoms with Gasteiger partial charge in [-0.15, -0.1) is 0 Å². The molecular formula is C25H26BrN5OS. The number of nitrogens with one attached hydrogen (secondary N) is 1. The van der Waals surface area contributed by atoms with Gasteiger partial charge in [0, 0.05) is 41.5 Å². The van der Waals surface area contributed by atoms with Crippen LogP contribution in [0.25, 0.3) is 12.2 Å². The van der Waals surface area contributed by atoms with Crippen molar-refractivity contribution in [3.63, 3.8) is 0 Å². The molecule has 1 fully saturated rings. The molecule has 8 heteroatoms. The molecule has 1 N–H and O–H groups in total. The Morgan fingerprint density at radius 3 is 2.61 bits per heavy atom. The first-order valence-corrected chi connectivity index (χ1v) is 12.5. The average molecular weight is 524 g/mol. The Morgan fingerprint density at radius 1 is 1.21 bits per heavy atom. The number of anilines is 1. The number of pyridine rings is 1. The lowest BCUT2D eigenvalue weighted by Gasteiger charge is -2.33. The van der Waals surface area contributed by atoms with Crippen LogP contribution >= 0.6 is 27.7 Å². The third-order valence-electron chi connectivity index (χ3n) is 5.72. The van der Waals surface area contributed by atoms with Gasteiger partial charge < -0.3 is 10.2 Å². The number of nitrogens with zero attached hydrogens (tertiary/aromatic N) is 4. The van der Waals surface area contributed by atoms with Crippen molar-refractivity contribution in [3.8, 4) is 0 Å². The predicted molar refractivity (Wildman–Crippen MR) is 143 cm³/mol. The number of carbonyl (C=O) groups is 1. The lowest BCUT2D eigenvalue weighted by molar-refractivity contribution is -0.113. The highest BCUT2D eigenvalue weighted by Gasteiger charge is 2.39. The quantitative estimate of drug-likeness (QED) is 0.569. The van der Waals surface area contributed by atoms with Gasteiger partial charge >= 0.3 is 0 Å². The zero-order valence-electron chi connectivity index (χ0n) is 18.6. The molecule has 2 aliphatic rings. The van der Waals surface area contributed by atoms with Gasteiger partial charge in [0.15, 0.2) is 5.66 Å². The Bertz CT molecular complexity index is 1130. The van der Waals surface area contributed by atoms with Crippen molar-refractivity contribution >= 4 is 62.2 Å². The fraction of sp³-hybridized carbons (Fsp3) is 0.280. The van der Waals surface area contributed by atoms with Crippen LogP contribution in [0.3, 0.4) is 0 Å². The topological polar surface area (TPSA) is 70.0 Å². The van der Waals surface area contributed by atoms with Crippen LogP contribution in [0.5, 0.6) is 0 Å². The van der Waals surface area contributed by atoms with Crippen LogP contribution in [0.4, 0.5) is 5.69 Å². The highest BCUT2D eigenvalue weighted by Crippen LogP contribution is 2.35. The van der Waals surface area contributed by atoms with Crippen molar-refractivity contribution in [2.75, 3.05) is 31.2 Å². The number of piperidine rings is 1. The Morgan fingerprint density at radius 2 is 1.94 bits per heavy atom. The highest BCUT2D eigenvalue weighted by atomic mass is 79.9. The number of rotatable bonds is 6. The van der Waals surface area contributed by atoms with Gasteiger partial charge in [-0.05, 0) is 31.3 Å². The second-order valence-electron chi connectivity index (χ2n) is 8.11. The smallest absolute Gasteiger partial charge is 0.234 e. The highest BCUT2D eigenvalue weighted by molar-refractivity contribution is 9.10. The maximum absolute atomic E-state index is 12.7.